The van der Waals surface area contributed by atoms with Gasteiger partial charge in [-0.15, -0.1) is 11.6 Å². The van der Waals surface area contributed by atoms with Gasteiger partial charge in [-0.05, 0) is 36.1 Å². The Morgan fingerprint density at radius 2 is 2.31 bits per heavy atom. The molecule has 0 radical (unpaired) electrons. The first-order chi connectivity index (χ1) is 7.67. The Morgan fingerprint density at radius 3 is 2.81 bits per heavy atom. The third-order valence-corrected chi connectivity index (χ3v) is 2.86. The number of furan rings is 1. The highest BCUT2D eigenvalue weighted by Gasteiger charge is 2.12. The number of rotatable bonds is 6. The minimum atomic E-state index is -0.236. The van der Waals surface area contributed by atoms with Crippen LogP contribution in [0.1, 0.15) is 30.3 Å². The number of nitrogens with one attached hydrogen (secondary N) is 1. The van der Waals surface area contributed by atoms with Crippen molar-refractivity contribution in [2.24, 2.45) is 5.92 Å². The Kier molecular flexibility index (Phi) is 5.71. The smallest absolute Gasteiger partial charge is 0.287 e. The summed E-state index contributed by atoms with van der Waals surface area (Å²) in [6, 6.07) is 3.10. The summed E-state index contributed by atoms with van der Waals surface area (Å²) in [4.78, 5) is 11.6. The molecule has 3 nitrogen and oxygen atoms in total. The molecule has 0 aromatic carbocycles. The maximum atomic E-state index is 11.6. The van der Waals surface area contributed by atoms with Crippen molar-refractivity contribution >= 4 is 29.1 Å². The van der Waals surface area contributed by atoms with E-state index in [1.165, 1.54) is 0 Å². The molecular weight excluding hydrogens is 249 g/mol. The highest BCUT2D eigenvalue weighted by atomic mass is 35.5. The molecule has 1 rings (SSSR count). The molecule has 5 heteroatoms. The van der Waals surface area contributed by atoms with Crippen molar-refractivity contribution in [1.29, 1.82) is 0 Å². The van der Waals surface area contributed by atoms with E-state index in [-0.39, 0.29) is 16.9 Å². The van der Waals surface area contributed by atoms with E-state index in [1.54, 1.807) is 12.1 Å². The molecule has 1 unspecified atom stereocenters. The molecular formula is C11H15Cl2NO2. The lowest BCUT2D eigenvalue weighted by molar-refractivity contribution is 0.0919. The number of carbonyl (C=O) groups excluding carboxylic acids is 1. The minimum Gasteiger partial charge on any atom is -0.440 e. The summed E-state index contributed by atoms with van der Waals surface area (Å²) >= 11 is 11.2. The summed E-state index contributed by atoms with van der Waals surface area (Å²) in [6.07, 6.45) is 1.89. The fourth-order valence-corrected chi connectivity index (χ4v) is 1.82. The third kappa shape index (κ3) is 4.06. The summed E-state index contributed by atoms with van der Waals surface area (Å²) in [5, 5.41) is 3.02. The lowest BCUT2D eigenvalue weighted by Crippen LogP contribution is -2.29. The lowest BCUT2D eigenvalue weighted by Gasteiger charge is -2.13. The first kappa shape index (κ1) is 13.4. The second-order valence-corrected chi connectivity index (χ2v) is 4.32. The van der Waals surface area contributed by atoms with Crippen molar-refractivity contribution in [3.8, 4) is 0 Å². The van der Waals surface area contributed by atoms with Gasteiger partial charge in [0, 0.05) is 12.4 Å². The molecule has 1 heterocycles. The SMILES string of the molecule is CCC(CCCl)CNC(=O)c1ccc(Cl)o1. The van der Waals surface area contributed by atoms with Crippen LogP contribution >= 0.6 is 23.2 Å². The van der Waals surface area contributed by atoms with E-state index in [1.807, 2.05) is 0 Å². The fraction of sp³-hybridized carbons (Fsp3) is 0.545. The molecule has 0 saturated carbocycles. The van der Waals surface area contributed by atoms with E-state index in [2.05, 4.69) is 12.2 Å². The van der Waals surface area contributed by atoms with E-state index in [4.69, 9.17) is 27.6 Å². The highest BCUT2D eigenvalue weighted by molar-refractivity contribution is 6.29. The van der Waals surface area contributed by atoms with Gasteiger partial charge in [-0.2, -0.15) is 0 Å². The van der Waals surface area contributed by atoms with Gasteiger partial charge in [-0.3, -0.25) is 4.79 Å². The van der Waals surface area contributed by atoms with E-state index in [9.17, 15) is 4.79 Å². The fourth-order valence-electron chi connectivity index (χ4n) is 1.37. The van der Waals surface area contributed by atoms with Crippen LogP contribution in [0.5, 0.6) is 0 Å². The van der Waals surface area contributed by atoms with Crippen molar-refractivity contribution in [3.05, 3.63) is 23.1 Å². The zero-order valence-electron chi connectivity index (χ0n) is 9.13. The predicted molar refractivity (Wildman–Crippen MR) is 65.2 cm³/mol. The molecule has 0 aliphatic carbocycles. The molecule has 0 spiro atoms. The maximum Gasteiger partial charge on any atom is 0.287 e. The van der Waals surface area contributed by atoms with Crippen LogP contribution in [0.3, 0.4) is 0 Å². The molecule has 1 atom stereocenters. The normalized spacial score (nSPS) is 12.4. The third-order valence-electron chi connectivity index (χ3n) is 2.44. The van der Waals surface area contributed by atoms with Crippen LogP contribution in [-0.2, 0) is 0 Å². The number of hydrogen-bond acceptors (Lipinski definition) is 2. The molecule has 1 aromatic rings. The first-order valence-corrected chi connectivity index (χ1v) is 6.18. The maximum absolute atomic E-state index is 11.6. The quantitative estimate of drug-likeness (QED) is 0.801. The number of carbonyl (C=O) groups is 1. The van der Waals surface area contributed by atoms with Gasteiger partial charge in [0.2, 0.25) is 0 Å². The highest BCUT2D eigenvalue weighted by Crippen LogP contribution is 2.13. The standard InChI is InChI=1S/C11H15Cl2NO2/c1-2-8(5-6-12)7-14-11(15)9-3-4-10(13)16-9/h3-4,8H,2,5-7H2,1H3,(H,14,15). The largest absolute Gasteiger partial charge is 0.440 e. The average molecular weight is 264 g/mol. The van der Waals surface area contributed by atoms with Crippen molar-refractivity contribution in [2.45, 2.75) is 19.8 Å². The second-order valence-electron chi connectivity index (χ2n) is 3.57. The number of halogens is 2. The van der Waals surface area contributed by atoms with Crippen LogP contribution < -0.4 is 5.32 Å². The number of hydrogen-bond donors (Lipinski definition) is 1. The Morgan fingerprint density at radius 1 is 1.56 bits per heavy atom. The van der Waals surface area contributed by atoms with Gasteiger partial charge in [0.05, 0.1) is 0 Å². The monoisotopic (exact) mass is 263 g/mol. The van der Waals surface area contributed by atoms with Gasteiger partial charge in [0.25, 0.3) is 5.91 Å². The van der Waals surface area contributed by atoms with Gasteiger partial charge in [0.15, 0.2) is 11.0 Å². The molecule has 1 aromatic heterocycles. The Balaban J connectivity index is 2.40. The number of amides is 1. The molecule has 0 aliphatic rings. The van der Waals surface area contributed by atoms with Crippen LogP contribution in [0.4, 0.5) is 0 Å². The Bertz CT molecular complexity index is 338. The van der Waals surface area contributed by atoms with Crippen molar-refractivity contribution in [3.63, 3.8) is 0 Å². The summed E-state index contributed by atoms with van der Waals surface area (Å²) in [7, 11) is 0. The molecule has 0 saturated heterocycles. The van der Waals surface area contributed by atoms with Gasteiger partial charge < -0.3 is 9.73 Å². The zero-order chi connectivity index (χ0) is 12.0. The summed E-state index contributed by atoms with van der Waals surface area (Å²) in [5.41, 5.74) is 0. The number of alkyl halides is 1. The van der Waals surface area contributed by atoms with Crippen LogP contribution in [0.15, 0.2) is 16.5 Å². The molecule has 1 amide bonds. The van der Waals surface area contributed by atoms with Crippen LogP contribution in [0.25, 0.3) is 0 Å². The molecule has 0 aliphatic heterocycles. The molecule has 1 N–H and O–H groups in total. The van der Waals surface area contributed by atoms with Crippen LogP contribution in [0, 0.1) is 5.92 Å². The van der Waals surface area contributed by atoms with Crippen molar-refractivity contribution < 1.29 is 9.21 Å². The first-order valence-electron chi connectivity index (χ1n) is 5.26. The van der Waals surface area contributed by atoms with Crippen molar-refractivity contribution in [1.82, 2.24) is 5.32 Å². The van der Waals surface area contributed by atoms with E-state index in [0.717, 1.165) is 12.8 Å². The second kappa shape index (κ2) is 6.81. The van der Waals surface area contributed by atoms with E-state index < -0.39 is 0 Å². The lowest BCUT2D eigenvalue weighted by atomic mass is 10.0. The van der Waals surface area contributed by atoms with Crippen LogP contribution in [0.2, 0.25) is 5.22 Å². The topological polar surface area (TPSA) is 42.2 Å². The summed E-state index contributed by atoms with van der Waals surface area (Å²) in [5.74, 6) is 1.03. The predicted octanol–water partition coefficient (Wildman–Crippen LogP) is 3.32. The average Bonchev–Trinajstić information content (AvgIpc) is 2.70. The van der Waals surface area contributed by atoms with Crippen molar-refractivity contribution in [2.75, 3.05) is 12.4 Å². The van der Waals surface area contributed by atoms with E-state index >= 15 is 0 Å². The van der Waals surface area contributed by atoms with E-state index in [0.29, 0.717) is 18.3 Å². The van der Waals surface area contributed by atoms with Gasteiger partial charge in [-0.1, -0.05) is 13.3 Å². The minimum absolute atomic E-state index is 0.220. The van der Waals surface area contributed by atoms with Crippen LogP contribution in [-0.4, -0.2) is 18.3 Å². The van der Waals surface area contributed by atoms with Gasteiger partial charge in [0.1, 0.15) is 0 Å². The zero-order valence-corrected chi connectivity index (χ0v) is 10.6. The molecule has 90 valence electrons. The Hall–Kier alpha value is -0.670. The molecule has 0 fully saturated rings. The molecule has 0 bridgehead atoms. The van der Waals surface area contributed by atoms with Gasteiger partial charge in [-0.25, -0.2) is 0 Å². The Labute approximate surface area is 105 Å². The van der Waals surface area contributed by atoms with Gasteiger partial charge >= 0.3 is 0 Å². The summed E-state index contributed by atoms with van der Waals surface area (Å²) < 4.78 is 5.00. The molecule has 16 heavy (non-hydrogen) atoms. The summed E-state index contributed by atoms with van der Waals surface area (Å²) in [6.45, 7) is 2.69.